The van der Waals surface area contributed by atoms with E-state index < -0.39 is 22.0 Å². The lowest BCUT2D eigenvalue weighted by molar-refractivity contribution is 0.0702. The number of carboxylic acid groups (broad SMARTS) is 1. The Labute approximate surface area is 131 Å². The quantitative estimate of drug-likeness (QED) is 0.872. The van der Waals surface area contributed by atoms with Gasteiger partial charge in [-0.15, -0.1) is 11.3 Å². The number of aromatic carboxylic acids is 1. The molecule has 8 heteroatoms. The Bertz CT molecular complexity index is 770. The van der Waals surface area contributed by atoms with Crippen molar-refractivity contribution < 1.29 is 18.3 Å². The van der Waals surface area contributed by atoms with Gasteiger partial charge in [0.1, 0.15) is 4.88 Å². The SMILES string of the molecule is CC(NS(=O)(=O)c1csc(C(=O)O)c1)c1cccc(Cl)c1. The van der Waals surface area contributed by atoms with E-state index in [0.29, 0.717) is 5.02 Å². The number of halogens is 1. The Morgan fingerprint density at radius 1 is 1.38 bits per heavy atom. The molecule has 5 nitrogen and oxygen atoms in total. The van der Waals surface area contributed by atoms with Gasteiger partial charge in [0, 0.05) is 16.4 Å². The van der Waals surface area contributed by atoms with Crippen molar-refractivity contribution in [2.45, 2.75) is 17.9 Å². The second kappa shape index (κ2) is 6.15. The molecule has 112 valence electrons. The van der Waals surface area contributed by atoms with Gasteiger partial charge in [0.25, 0.3) is 0 Å². The molecule has 1 atom stereocenters. The van der Waals surface area contributed by atoms with Gasteiger partial charge in [0.15, 0.2) is 0 Å². The van der Waals surface area contributed by atoms with Crippen LogP contribution >= 0.6 is 22.9 Å². The van der Waals surface area contributed by atoms with Gasteiger partial charge in [0.05, 0.1) is 4.90 Å². The van der Waals surface area contributed by atoms with Crippen LogP contribution in [0.5, 0.6) is 0 Å². The summed E-state index contributed by atoms with van der Waals surface area (Å²) in [6, 6.07) is 7.52. The first-order chi connectivity index (χ1) is 9.79. The van der Waals surface area contributed by atoms with E-state index in [4.69, 9.17) is 16.7 Å². The van der Waals surface area contributed by atoms with Gasteiger partial charge in [-0.3, -0.25) is 0 Å². The van der Waals surface area contributed by atoms with Crippen LogP contribution in [-0.4, -0.2) is 19.5 Å². The van der Waals surface area contributed by atoms with Crippen LogP contribution in [-0.2, 0) is 10.0 Å². The molecular formula is C13H12ClNO4S2. The number of carboxylic acids is 1. The summed E-state index contributed by atoms with van der Waals surface area (Å²) in [5, 5.41) is 10.7. The highest BCUT2D eigenvalue weighted by Gasteiger charge is 2.21. The van der Waals surface area contributed by atoms with Gasteiger partial charge < -0.3 is 5.11 Å². The summed E-state index contributed by atoms with van der Waals surface area (Å²) in [4.78, 5) is 10.7. The third-order valence-corrected chi connectivity index (χ3v) is 5.60. The first-order valence-corrected chi connectivity index (χ1v) is 8.63. The minimum atomic E-state index is -3.78. The molecule has 1 aromatic carbocycles. The van der Waals surface area contributed by atoms with E-state index in [0.717, 1.165) is 23.0 Å². The summed E-state index contributed by atoms with van der Waals surface area (Å²) < 4.78 is 26.9. The highest BCUT2D eigenvalue weighted by atomic mass is 35.5. The first-order valence-electron chi connectivity index (χ1n) is 5.89. The Hall–Kier alpha value is -1.41. The fourth-order valence-electron chi connectivity index (χ4n) is 1.72. The van der Waals surface area contributed by atoms with Crippen LogP contribution < -0.4 is 4.72 Å². The molecule has 0 radical (unpaired) electrons. The van der Waals surface area contributed by atoms with Crippen molar-refractivity contribution in [2.75, 3.05) is 0 Å². The molecule has 1 heterocycles. The monoisotopic (exact) mass is 345 g/mol. The lowest BCUT2D eigenvalue weighted by Gasteiger charge is -2.14. The molecule has 0 aliphatic rings. The van der Waals surface area contributed by atoms with E-state index in [-0.39, 0.29) is 9.77 Å². The van der Waals surface area contributed by atoms with Gasteiger partial charge in [-0.25, -0.2) is 17.9 Å². The first kappa shape index (κ1) is 16.0. The molecule has 0 aliphatic heterocycles. The van der Waals surface area contributed by atoms with Crippen molar-refractivity contribution in [3.8, 4) is 0 Å². The zero-order chi connectivity index (χ0) is 15.6. The minimum absolute atomic E-state index is 0.0224. The summed E-state index contributed by atoms with van der Waals surface area (Å²) >= 11 is 6.74. The number of sulfonamides is 1. The van der Waals surface area contributed by atoms with E-state index in [2.05, 4.69) is 4.72 Å². The maximum absolute atomic E-state index is 12.2. The predicted molar refractivity (Wildman–Crippen MR) is 81.5 cm³/mol. The third kappa shape index (κ3) is 3.82. The second-order valence-electron chi connectivity index (χ2n) is 4.35. The maximum Gasteiger partial charge on any atom is 0.345 e. The molecule has 2 N–H and O–H groups in total. The van der Waals surface area contributed by atoms with Crippen LogP contribution in [0, 0.1) is 0 Å². The topological polar surface area (TPSA) is 83.5 Å². The Balaban J connectivity index is 2.22. The minimum Gasteiger partial charge on any atom is -0.477 e. The van der Waals surface area contributed by atoms with E-state index in [1.807, 2.05) is 0 Å². The number of benzene rings is 1. The predicted octanol–water partition coefficient (Wildman–Crippen LogP) is 3.14. The normalized spacial score (nSPS) is 13.0. The second-order valence-corrected chi connectivity index (χ2v) is 7.41. The van der Waals surface area contributed by atoms with Crippen molar-refractivity contribution in [1.82, 2.24) is 4.72 Å². The van der Waals surface area contributed by atoms with Crippen molar-refractivity contribution in [3.63, 3.8) is 0 Å². The van der Waals surface area contributed by atoms with Crippen LogP contribution in [0.1, 0.15) is 28.2 Å². The van der Waals surface area contributed by atoms with Crippen molar-refractivity contribution in [1.29, 1.82) is 0 Å². The average molecular weight is 346 g/mol. The summed E-state index contributed by atoms with van der Waals surface area (Å²) in [6.07, 6.45) is 0. The van der Waals surface area contributed by atoms with Gasteiger partial charge in [-0.05, 0) is 30.7 Å². The van der Waals surface area contributed by atoms with E-state index in [9.17, 15) is 13.2 Å². The maximum atomic E-state index is 12.2. The van der Waals surface area contributed by atoms with Crippen molar-refractivity contribution in [3.05, 3.63) is 51.2 Å². The smallest absolute Gasteiger partial charge is 0.345 e. The fourth-order valence-corrected chi connectivity index (χ4v) is 4.26. The van der Waals surface area contributed by atoms with E-state index in [1.165, 1.54) is 5.38 Å². The summed E-state index contributed by atoms with van der Waals surface area (Å²) in [5.41, 5.74) is 0.722. The lowest BCUT2D eigenvalue weighted by Crippen LogP contribution is -2.26. The van der Waals surface area contributed by atoms with Crippen LogP contribution in [0.3, 0.4) is 0 Å². The highest BCUT2D eigenvalue weighted by molar-refractivity contribution is 7.89. The van der Waals surface area contributed by atoms with Crippen LogP contribution in [0.15, 0.2) is 40.6 Å². The molecule has 0 saturated carbocycles. The zero-order valence-corrected chi connectivity index (χ0v) is 13.3. The Kier molecular flexibility index (Phi) is 4.67. The van der Waals surface area contributed by atoms with Crippen LogP contribution in [0.25, 0.3) is 0 Å². The van der Waals surface area contributed by atoms with Crippen LogP contribution in [0.2, 0.25) is 5.02 Å². The fraction of sp³-hybridized carbons (Fsp3) is 0.154. The number of hydrogen-bond acceptors (Lipinski definition) is 4. The van der Waals surface area contributed by atoms with E-state index in [1.54, 1.807) is 31.2 Å². The third-order valence-electron chi connectivity index (χ3n) is 2.78. The van der Waals surface area contributed by atoms with Crippen LogP contribution in [0.4, 0.5) is 0 Å². The molecule has 1 unspecified atom stereocenters. The molecule has 1 aromatic heterocycles. The highest BCUT2D eigenvalue weighted by Crippen LogP contribution is 2.23. The number of hydrogen-bond donors (Lipinski definition) is 2. The summed E-state index contributed by atoms with van der Waals surface area (Å²) in [7, 11) is -3.78. The largest absolute Gasteiger partial charge is 0.477 e. The molecule has 0 saturated heterocycles. The molecule has 0 bridgehead atoms. The molecule has 2 aromatic rings. The number of rotatable bonds is 5. The molecule has 0 amide bonds. The summed E-state index contributed by atoms with van der Waals surface area (Å²) in [6.45, 7) is 1.69. The van der Waals surface area contributed by atoms with Crippen molar-refractivity contribution >= 4 is 38.9 Å². The number of thiophene rings is 1. The molecule has 2 rings (SSSR count). The average Bonchev–Trinajstić information content (AvgIpc) is 2.88. The zero-order valence-electron chi connectivity index (χ0n) is 10.9. The van der Waals surface area contributed by atoms with Gasteiger partial charge in [-0.2, -0.15) is 0 Å². The number of nitrogens with one attached hydrogen (secondary N) is 1. The molecule has 0 aliphatic carbocycles. The molecule has 0 spiro atoms. The molecular weight excluding hydrogens is 334 g/mol. The van der Waals surface area contributed by atoms with Crippen molar-refractivity contribution in [2.24, 2.45) is 0 Å². The standard InChI is InChI=1S/C13H12ClNO4S2/c1-8(9-3-2-4-10(14)5-9)15-21(18,19)11-6-12(13(16)17)20-7-11/h2-8,15H,1H3,(H,16,17). The Morgan fingerprint density at radius 3 is 2.67 bits per heavy atom. The molecule has 0 fully saturated rings. The number of carbonyl (C=O) groups is 1. The van der Waals surface area contributed by atoms with Gasteiger partial charge in [0.2, 0.25) is 10.0 Å². The Morgan fingerprint density at radius 2 is 2.10 bits per heavy atom. The molecule has 21 heavy (non-hydrogen) atoms. The van der Waals surface area contributed by atoms with E-state index >= 15 is 0 Å². The van der Waals surface area contributed by atoms with Gasteiger partial charge >= 0.3 is 5.97 Å². The van der Waals surface area contributed by atoms with Gasteiger partial charge in [-0.1, -0.05) is 23.7 Å². The summed E-state index contributed by atoms with van der Waals surface area (Å²) in [5.74, 6) is -1.15. The lowest BCUT2D eigenvalue weighted by atomic mass is 10.1.